The molecule has 2 aromatic rings. The normalized spacial score (nSPS) is 13.6. The van der Waals surface area contributed by atoms with Gasteiger partial charge in [-0.1, -0.05) is 12.1 Å². The van der Waals surface area contributed by atoms with E-state index in [2.05, 4.69) is 39.8 Å². The van der Waals surface area contributed by atoms with Gasteiger partial charge in [0.15, 0.2) is 0 Å². The molecule has 0 aromatic heterocycles. The van der Waals surface area contributed by atoms with Gasteiger partial charge in [0, 0.05) is 43.1 Å². The molecule has 0 radical (unpaired) electrons. The second kappa shape index (κ2) is 9.87. The van der Waals surface area contributed by atoms with Crippen molar-refractivity contribution in [3.8, 4) is 0 Å². The van der Waals surface area contributed by atoms with Crippen LogP contribution in [0.4, 0.5) is 17.1 Å². The van der Waals surface area contributed by atoms with Crippen LogP contribution < -0.4 is 15.5 Å². The average molecular weight is 410 g/mol. The Balaban J connectivity index is 1.46. The number of aryl methyl sites for hydroxylation is 1. The van der Waals surface area contributed by atoms with Crippen LogP contribution in [-0.2, 0) is 16.0 Å². The van der Waals surface area contributed by atoms with E-state index in [1.165, 1.54) is 43.1 Å². The maximum Gasteiger partial charge on any atom is 0.313 e. The fraction of sp³-hybridized carbons (Fsp3) is 0.364. The van der Waals surface area contributed by atoms with E-state index in [0.29, 0.717) is 24.2 Å². The van der Waals surface area contributed by atoms with E-state index in [-0.39, 0.29) is 5.69 Å². The number of anilines is 2. The molecule has 1 fully saturated rings. The van der Waals surface area contributed by atoms with Gasteiger partial charge >= 0.3 is 11.8 Å². The van der Waals surface area contributed by atoms with Crippen LogP contribution in [0.2, 0.25) is 0 Å². The second-order valence-corrected chi connectivity index (χ2v) is 7.43. The Morgan fingerprint density at radius 1 is 1.03 bits per heavy atom. The number of benzene rings is 2. The van der Waals surface area contributed by atoms with Crippen LogP contribution in [0.25, 0.3) is 0 Å². The lowest BCUT2D eigenvalue weighted by Crippen LogP contribution is -2.36. The first-order chi connectivity index (χ1) is 14.4. The largest absolute Gasteiger partial charge is 0.372 e. The van der Waals surface area contributed by atoms with Crippen molar-refractivity contribution in [3.63, 3.8) is 0 Å². The topological polar surface area (TPSA) is 105 Å². The summed E-state index contributed by atoms with van der Waals surface area (Å²) in [6.07, 6.45) is 4.38. The van der Waals surface area contributed by atoms with Crippen molar-refractivity contribution in [2.75, 3.05) is 29.9 Å². The first-order valence-electron chi connectivity index (χ1n) is 10.1. The lowest BCUT2D eigenvalue weighted by Gasteiger charge is -2.28. The van der Waals surface area contributed by atoms with Gasteiger partial charge in [0.25, 0.3) is 5.69 Å². The highest BCUT2D eigenvalue weighted by atomic mass is 16.6. The first-order valence-corrected chi connectivity index (χ1v) is 10.1. The van der Waals surface area contributed by atoms with Crippen molar-refractivity contribution >= 4 is 28.9 Å². The third-order valence-electron chi connectivity index (χ3n) is 5.23. The molecular formula is C22H26N4O4. The summed E-state index contributed by atoms with van der Waals surface area (Å²) in [6, 6.07) is 12.4. The molecular weight excluding hydrogens is 384 g/mol. The number of nitrogens with one attached hydrogen (secondary N) is 2. The molecule has 8 nitrogen and oxygen atoms in total. The van der Waals surface area contributed by atoms with Crippen molar-refractivity contribution in [3.05, 3.63) is 63.7 Å². The lowest BCUT2D eigenvalue weighted by molar-refractivity contribution is -0.384. The van der Waals surface area contributed by atoms with Gasteiger partial charge in [0.2, 0.25) is 0 Å². The van der Waals surface area contributed by atoms with Gasteiger partial charge in [-0.3, -0.25) is 19.7 Å². The number of nitro benzene ring substituents is 1. The van der Waals surface area contributed by atoms with Gasteiger partial charge in [-0.05, 0) is 61.9 Å². The average Bonchev–Trinajstić information content (AvgIpc) is 2.76. The molecule has 1 heterocycles. The highest BCUT2D eigenvalue weighted by Gasteiger charge is 2.16. The van der Waals surface area contributed by atoms with Crippen LogP contribution in [-0.4, -0.2) is 36.4 Å². The molecule has 0 spiro atoms. The van der Waals surface area contributed by atoms with Crippen molar-refractivity contribution in [2.45, 2.75) is 32.6 Å². The number of nitrogens with zero attached hydrogens (tertiary/aromatic N) is 2. The summed E-state index contributed by atoms with van der Waals surface area (Å²) in [5.74, 6) is -1.54. The molecule has 8 heteroatoms. The molecule has 2 amide bonds. The number of rotatable bonds is 6. The number of amides is 2. The molecule has 0 saturated carbocycles. The monoisotopic (exact) mass is 410 g/mol. The van der Waals surface area contributed by atoms with E-state index in [4.69, 9.17) is 0 Å². The van der Waals surface area contributed by atoms with Crippen molar-refractivity contribution in [2.24, 2.45) is 0 Å². The molecule has 1 saturated heterocycles. The Bertz CT molecular complexity index is 921. The third-order valence-corrected chi connectivity index (χ3v) is 5.23. The van der Waals surface area contributed by atoms with Gasteiger partial charge in [-0.25, -0.2) is 0 Å². The Labute approximate surface area is 175 Å². The molecule has 0 unspecified atom stereocenters. The molecule has 30 heavy (non-hydrogen) atoms. The van der Waals surface area contributed by atoms with Crippen molar-refractivity contribution < 1.29 is 14.5 Å². The molecule has 3 rings (SSSR count). The van der Waals surface area contributed by atoms with E-state index in [1.807, 2.05) is 0 Å². The Hall–Kier alpha value is -3.42. The maximum absolute atomic E-state index is 12.1. The first kappa shape index (κ1) is 21.3. The predicted octanol–water partition coefficient (Wildman–Crippen LogP) is 3.19. The summed E-state index contributed by atoms with van der Waals surface area (Å²) in [4.78, 5) is 36.8. The minimum absolute atomic E-state index is 0.0683. The third kappa shape index (κ3) is 5.56. The maximum atomic E-state index is 12.1. The summed E-state index contributed by atoms with van der Waals surface area (Å²) >= 11 is 0. The summed E-state index contributed by atoms with van der Waals surface area (Å²) < 4.78 is 0. The Morgan fingerprint density at radius 3 is 2.37 bits per heavy atom. The molecule has 1 aliphatic heterocycles. The van der Waals surface area contributed by atoms with Crippen LogP contribution in [0.5, 0.6) is 0 Å². The summed E-state index contributed by atoms with van der Waals surface area (Å²) in [6.45, 7) is 4.17. The molecule has 2 aromatic carbocycles. The molecule has 158 valence electrons. The SMILES string of the molecule is Cc1cc([N+](=O)[O-])ccc1NC(=O)C(=O)NCCc1ccc(N2CCCCC2)cc1. The van der Waals surface area contributed by atoms with Crippen molar-refractivity contribution in [1.29, 1.82) is 0 Å². The van der Waals surface area contributed by atoms with Crippen LogP contribution in [0, 0.1) is 17.0 Å². The van der Waals surface area contributed by atoms with Crippen LogP contribution >= 0.6 is 0 Å². The minimum Gasteiger partial charge on any atom is -0.372 e. The number of non-ortho nitro benzene ring substituents is 1. The van der Waals surface area contributed by atoms with E-state index >= 15 is 0 Å². The second-order valence-electron chi connectivity index (χ2n) is 7.43. The highest BCUT2D eigenvalue weighted by Crippen LogP contribution is 2.21. The highest BCUT2D eigenvalue weighted by molar-refractivity contribution is 6.39. The number of carbonyl (C=O) groups excluding carboxylic acids is 2. The number of carbonyl (C=O) groups is 2. The van der Waals surface area contributed by atoms with Gasteiger partial charge in [-0.15, -0.1) is 0 Å². The molecule has 2 N–H and O–H groups in total. The predicted molar refractivity (Wildman–Crippen MR) is 116 cm³/mol. The number of hydrogen-bond donors (Lipinski definition) is 2. The molecule has 1 aliphatic rings. The van der Waals surface area contributed by atoms with Crippen LogP contribution in [0.3, 0.4) is 0 Å². The quantitative estimate of drug-likeness (QED) is 0.432. The number of nitro groups is 1. The fourth-order valence-electron chi connectivity index (χ4n) is 3.51. The zero-order valence-corrected chi connectivity index (χ0v) is 17.0. The molecule has 0 aliphatic carbocycles. The van der Waals surface area contributed by atoms with Crippen molar-refractivity contribution in [1.82, 2.24) is 5.32 Å². The van der Waals surface area contributed by atoms with Crippen LogP contribution in [0.1, 0.15) is 30.4 Å². The van der Waals surface area contributed by atoms with Gasteiger partial charge in [0.05, 0.1) is 4.92 Å². The standard InChI is InChI=1S/C22H26N4O4/c1-16-15-19(26(29)30)9-10-20(16)24-22(28)21(27)23-12-11-17-5-7-18(8-6-17)25-13-3-2-4-14-25/h5-10,15H,2-4,11-14H2,1H3,(H,23,27)(H,24,28). The zero-order chi connectivity index (χ0) is 21.5. The van der Waals surface area contributed by atoms with Crippen LogP contribution in [0.15, 0.2) is 42.5 Å². The van der Waals surface area contributed by atoms with Gasteiger partial charge in [0.1, 0.15) is 0 Å². The van der Waals surface area contributed by atoms with E-state index in [9.17, 15) is 19.7 Å². The van der Waals surface area contributed by atoms with Gasteiger partial charge < -0.3 is 15.5 Å². The summed E-state index contributed by atoms with van der Waals surface area (Å²) in [5, 5.41) is 15.9. The van der Waals surface area contributed by atoms with E-state index < -0.39 is 16.7 Å². The molecule has 0 bridgehead atoms. The summed E-state index contributed by atoms with van der Waals surface area (Å²) in [5.41, 5.74) is 3.12. The van der Waals surface area contributed by atoms with E-state index in [1.54, 1.807) is 6.92 Å². The molecule has 0 atom stereocenters. The minimum atomic E-state index is -0.799. The Kier molecular flexibility index (Phi) is 7.00. The van der Waals surface area contributed by atoms with Gasteiger partial charge in [-0.2, -0.15) is 0 Å². The summed E-state index contributed by atoms with van der Waals surface area (Å²) in [7, 11) is 0. The number of hydrogen-bond acceptors (Lipinski definition) is 5. The lowest BCUT2D eigenvalue weighted by atomic mass is 10.1. The van der Waals surface area contributed by atoms with E-state index in [0.717, 1.165) is 18.7 Å². The fourth-order valence-corrected chi connectivity index (χ4v) is 3.51. The zero-order valence-electron chi connectivity index (χ0n) is 17.0. The number of piperidine rings is 1. The Morgan fingerprint density at radius 2 is 1.73 bits per heavy atom. The smallest absolute Gasteiger partial charge is 0.313 e.